The van der Waals surface area contributed by atoms with Crippen LogP contribution in [0.1, 0.15) is 40.9 Å². The lowest BCUT2D eigenvalue weighted by atomic mass is 10.0. The third-order valence-corrected chi connectivity index (χ3v) is 4.17. The van der Waals surface area contributed by atoms with E-state index < -0.39 is 5.97 Å². The molecule has 0 aliphatic carbocycles. The third-order valence-electron chi connectivity index (χ3n) is 3.71. The highest BCUT2D eigenvalue weighted by Gasteiger charge is 2.14. The van der Waals surface area contributed by atoms with E-state index in [0.29, 0.717) is 5.56 Å². The number of halogens is 1. The van der Waals surface area contributed by atoms with Gasteiger partial charge in [-0.05, 0) is 41.8 Å². The van der Waals surface area contributed by atoms with Crippen LogP contribution >= 0.6 is 15.9 Å². The maximum atomic E-state index is 12.6. The highest BCUT2D eigenvalue weighted by atomic mass is 79.9. The summed E-state index contributed by atoms with van der Waals surface area (Å²) >= 11 is 3.40. The van der Waals surface area contributed by atoms with Crippen molar-refractivity contribution in [3.63, 3.8) is 0 Å². The number of hydrogen-bond acceptors (Lipinski definition) is 3. The largest absolute Gasteiger partial charge is 0.466 e. The Morgan fingerprint density at radius 3 is 2.56 bits per heavy atom. The number of esters is 1. The topological polar surface area (TPSA) is 55.4 Å². The lowest BCUT2D eigenvalue weighted by molar-refractivity contribution is -0.134. The summed E-state index contributed by atoms with van der Waals surface area (Å²) < 4.78 is 5.34. The van der Waals surface area contributed by atoms with Crippen molar-refractivity contribution in [1.29, 1.82) is 0 Å². The summed E-state index contributed by atoms with van der Waals surface area (Å²) in [5.74, 6) is -0.606. The van der Waals surface area contributed by atoms with Crippen molar-refractivity contribution >= 4 is 33.9 Å². The molecule has 2 aromatic carbocycles. The predicted molar refractivity (Wildman–Crippen MR) is 102 cm³/mol. The van der Waals surface area contributed by atoms with E-state index in [1.54, 1.807) is 18.2 Å². The molecule has 0 fully saturated rings. The molecule has 0 aromatic heterocycles. The van der Waals surface area contributed by atoms with E-state index in [1.807, 2.05) is 43.3 Å². The van der Waals surface area contributed by atoms with Crippen LogP contribution in [0.5, 0.6) is 0 Å². The Morgan fingerprint density at radius 2 is 1.92 bits per heavy atom. The number of carbonyl (C=O) groups is 2. The van der Waals surface area contributed by atoms with Crippen LogP contribution in [0.4, 0.5) is 0 Å². The summed E-state index contributed by atoms with van der Waals surface area (Å²) in [6, 6.07) is 15.1. The van der Waals surface area contributed by atoms with Crippen molar-refractivity contribution in [2.75, 3.05) is 7.11 Å². The first-order valence-corrected chi connectivity index (χ1v) is 8.75. The van der Waals surface area contributed by atoms with Gasteiger partial charge in [-0.1, -0.05) is 53.2 Å². The van der Waals surface area contributed by atoms with Crippen molar-refractivity contribution in [1.82, 2.24) is 5.32 Å². The Kier molecular flexibility index (Phi) is 6.95. The number of nitrogens with one attached hydrogen (secondary N) is 1. The summed E-state index contributed by atoms with van der Waals surface area (Å²) in [6.45, 7) is 2.03. The van der Waals surface area contributed by atoms with Crippen LogP contribution in [0.3, 0.4) is 0 Å². The number of carbonyl (C=O) groups excluding carboxylic acids is 2. The molecule has 1 N–H and O–H groups in total. The summed E-state index contributed by atoms with van der Waals surface area (Å²) in [5.41, 5.74) is 2.32. The number of hydrogen-bond donors (Lipinski definition) is 1. The number of amides is 1. The number of rotatable bonds is 6. The normalized spacial score (nSPS) is 12.0. The van der Waals surface area contributed by atoms with E-state index in [4.69, 9.17) is 0 Å². The molecule has 0 radical (unpaired) electrons. The highest BCUT2D eigenvalue weighted by molar-refractivity contribution is 9.10. The minimum atomic E-state index is -0.443. The molecule has 1 amide bonds. The molecule has 5 heteroatoms. The van der Waals surface area contributed by atoms with Crippen molar-refractivity contribution < 1.29 is 14.3 Å². The van der Waals surface area contributed by atoms with Gasteiger partial charge in [-0.25, -0.2) is 4.79 Å². The average molecular weight is 402 g/mol. The number of methoxy groups -OCH3 is 1. The molecule has 0 bridgehead atoms. The van der Waals surface area contributed by atoms with Gasteiger partial charge >= 0.3 is 5.97 Å². The number of ether oxygens (including phenoxy) is 1. The van der Waals surface area contributed by atoms with E-state index in [2.05, 4.69) is 26.0 Å². The van der Waals surface area contributed by atoms with Gasteiger partial charge in [-0.2, -0.15) is 0 Å². The van der Waals surface area contributed by atoms with Crippen molar-refractivity contribution in [3.05, 3.63) is 75.8 Å². The molecular weight excluding hydrogens is 382 g/mol. The van der Waals surface area contributed by atoms with Gasteiger partial charge in [0.05, 0.1) is 13.2 Å². The fourth-order valence-corrected chi connectivity index (χ4v) is 2.93. The first-order chi connectivity index (χ1) is 12.0. The van der Waals surface area contributed by atoms with E-state index in [-0.39, 0.29) is 11.9 Å². The van der Waals surface area contributed by atoms with Gasteiger partial charge in [0.1, 0.15) is 0 Å². The van der Waals surface area contributed by atoms with E-state index in [0.717, 1.165) is 22.0 Å². The van der Waals surface area contributed by atoms with Crippen LogP contribution in [0, 0.1) is 0 Å². The first-order valence-electron chi connectivity index (χ1n) is 7.96. The van der Waals surface area contributed by atoms with Gasteiger partial charge in [0.25, 0.3) is 5.91 Å². The monoisotopic (exact) mass is 401 g/mol. The summed E-state index contributed by atoms with van der Waals surface area (Å²) in [6.07, 6.45) is 3.73. The summed E-state index contributed by atoms with van der Waals surface area (Å²) in [5, 5.41) is 3.05. The minimum Gasteiger partial charge on any atom is -0.466 e. The lowest BCUT2D eigenvalue weighted by Gasteiger charge is -2.17. The molecule has 0 unspecified atom stereocenters. The van der Waals surface area contributed by atoms with Gasteiger partial charge in [0, 0.05) is 16.1 Å². The Hall–Kier alpha value is -2.40. The van der Waals surface area contributed by atoms with Crippen LogP contribution in [0.25, 0.3) is 6.08 Å². The average Bonchev–Trinajstić information content (AvgIpc) is 2.64. The highest BCUT2D eigenvalue weighted by Crippen LogP contribution is 2.20. The summed E-state index contributed by atoms with van der Waals surface area (Å²) in [4.78, 5) is 23.9. The van der Waals surface area contributed by atoms with Crippen LogP contribution < -0.4 is 5.32 Å². The molecule has 2 rings (SSSR count). The van der Waals surface area contributed by atoms with Crippen LogP contribution in [-0.4, -0.2) is 19.0 Å². The third kappa shape index (κ3) is 5.57. The SMILES string of the molecule is CC[C@@H](NC(=O)c1cc(Br)cc(/C=C/C(=O)OC)c1)c1ccccc1. The quantitative estimate of drug-likeness (QED) is 0.571. The second kappa shape index (κ2) is 9.18. The molecule has 2 aromatic rings. The molecule has 1 atom stereocenters. The predicted octanol–water partition coefficient (Wildman–Crippen LogP) is 4.52. The number of benzene rings is 2. The van der Waals surface area contributed by atoms with E-state index in [9.17, 15) is 9.59 Å². The van der Waals surface area contributed by atoms with Crippen molar-refractivity contribution in [2.45, 2.75) is 19.4 Å². The smallest absolute Gasteiger partial charge is 0.330 e. The molecule has 130 valence electrons. The second-order valence-electron chi connectivity index (χ2n) is 5.47. The second-order valence-corrected chi connectivity index (χ2v) is 6.39. The maximum Gasteiger partial charge on any atom is 0.330 e. The zero-order chi connectivity index (χ0) is 18.2. The lowest BCUT2D eigenvalue weighted by Crippen LogP contribution is -2.28. The fourth-order valence-electron chi connectivity index (χ4n) is 2.42. The molecular formula is C20H20BrNO3. The van der Waals surface area contributed by atoms with E-state index >= 15 is 0 Å². The minimum absolute atomic E-state index is 0.0539. The zero-order valence-electron chi connectivity index (χ0n) is 14.2. The Morgan fingerprint density at radius 1 is 1.20 bits per heavy atom. The van der Waals surface area contributed by atoms with Crippen molar-refractivity contribution in [3.8, 4) is 0 Å². The van der Waals surface area contributed by atoms with Gasteiger partial charge in [-0.3, -0.25) is 4.79 Å². The van der Waals surface area contributed by atoms with Crippen LogP contribution in [0.2, 0.25) is 0 Å². The van der Waals surface area contributed by atoms with Crippen LogP contribution in [0.15, 0.2) is 59.1 Å². The standard InChI is InChI=1S/C20H20BrNO3/c1-3-18(15-7-5-4-6-8-15)22-20(24)16-11-14(12-17(21)13-16)9-10-19(23)25-2/h4-13,18H,3H2,1-2H3,(H,22,24)/b10-9+/t18-/m1/s1. The molecule has 0 aliphatic heterocycles. The van der Waals surface area contributed by atoms with Gasteiger partial charge < -0.3 is 10.1 Å². The van der Waals surface area contributed by atoms with Gasteiger partial charge in [0.2, 0.25) is 0 Å². The van der Waals surface area contributed by atoms with Gasteiger partial charge in [0.15, 0.2) is 0 Å². The van der Waals surface area contributed by atoms with Crippen LogP contribution in [-0.2, 0) is 9.53 Å². The van der Waals surface area contributed by atoms with Crippen molar-refractivity contribution in [2.24, 2.45) is 0 Å². The molecule has 0 saturated carbocycles. The Balaban J connectivity index is 2.19. The first kappa shape index (κ1) is 18.9. The summed E-state index contributed by atoms with van der Waals surface area (Å²) in [7, 11) is 1.32. The molecule has 0 saturated heterocycles. The maximum absolute atomic E-state index is 12.6. The molecule has 0 aliphatic rings. The fraction of sp³-hybridized carbons (Fsp3) is 0.200. The molecule has 0 heterocycles. The molecule has 4 nitrogen and oxygen atoms in total. The Bertz CT molecular complexity index is 772. The molecule has 25 heavy (non-hydrogen) atoms. The van der Waals surface area contributed by atoms with Gasteiger partial charge in [-0.15, -0.1) is 0 Å². The van der Waals surface area contributed by atoms with E-state index in [1.165, 1.54) is 13.2 Å². The zero-order valence-corrected chi connectivity index (χ0v) is 15.7. The molecule has 0 spiro atoms. The Labute approximate surface area is 156 Å².